The summed E-state index contributed by atoms with van der Waals surface area (Å²) in [5.41, 5.74) is 10.5. The van der Waals surface area contributed by atoms with Gasteiger partial charge in [0, 0.05) is 24.3 Å². The van der Waals surface area contributed by atoms with Crippen molar-refractivity contribution in [2.75, 3.05) is 11.4 Å². The minimum absolute atomic E-state index is 0.0375. The normalized spacial score (nSPS) is 10.5. The second-order valence-electron chi connectivity index (χ2n) is 5.24. The molecule has 21 heavy (non-hydrogen) atoms. The Morgan fingerprint density at radius 3 is 2.29 bits per heavy atom. The molecule has 0 unspecified atom stereocenters. The fourth-order valence-electron chi connectivity index (χ4n) is 2.45. The van der Waals surface area contributed by atoms with Gasteiger partial charge in [-0.05, 0) is 50.1 Å². The lowest BCUT2D eigenvalue weighted by atomic mass is 10.0. The van der Waals surface area contributed by atoms with E-state index in [4.69, 9.17) is 5.73 Å². The van der Waals surface area contributed by atoms with E-state index >= 15 is 0 Å². The first-order chi connectivity index (χ1) is 10.1. The van der Waals surface area contributed by atoms with Gasteiger partial charge in [0.1, 0.15) is 0 Å². The van der Waals surface area contributed by atoms with Gasteiger partial charge in [0.25, 0.3) is 5.91 Å². The highest BCUT2D eigenvalue weighted by Crippen LogP contribution is 2.20. The Hall–Kier alpha value is -2.13. The molecule has 0 atom stereocenters. The number of nitrogens with two attached hydrogens (primary N) is 1. The highest BCUT2D eigenvalue weighted by molar-refractivity contribution is 6.07. The third-order valence-corrected chi connectivity index (χ3v) is 3.66. The fraction of sp³-hybridized carbons (Fsp3) is 0.278. The second kappa shape index (κ2) is 6.55. The van der Waals surface area contributed by atoms with E-state index in [9.17, 15) is 4.79 Å². The van der Waals surface area contributed by atoms with Crippen molar-refractivity contribution in [2.45, 2.75) is 27.3 Å². The van der Waals surface area contributed by atoms with Crippen LogP contribution in [0.1, 0.15) is 34.0 Å². The maximum absolute atomic E-state index is 12.8. The maximum atomic E-state index is 12.8. The van der Waals surface area contributed by atoms with Crippen LogP contribution in [-0.2, 0) is 6.54 Å². The van der Waals surface area contributed by atoms with Gasteiger partial charge in [-0.15, -0.1) is 0 Å². The van der Waals surface area contributed by atoms with Crippen LogP contribution in [0.2, 0.25) is 0 Å². The molecular weight excluding hydrogens is 260 g/mol. The molecule has 3 heteroatoms. The molecule has 0 spiro atoms. The van der Waals surface area contributed by atoms with Gasteiger partial charge in [-0.3, -0.25) is 4.79 Å². The van der Waals surface area contributed by atoms with E-state index in [2.05, 4.69) is 0 Å². The zero-order valence-corrected chi connectivity index (χ0v) is 12.9. The van der Waals surface area contributed by atoms with Crippen LogP contribution in [0.25, 0.3) is 0 Å². The Morgan fingerprint density at radius 1 is 1.10 bits per heavy atom. The zero-order chi connectivity index (χ0) is 15.4. The van der Waals surface area contributed by atoms with E-state index in [1.807, 2.05) is 63.2 Å². The Balaban J connectivity index is 2.33. The van der Waals surface area contributed by atoms with Crippen molar-refractivity contribution in [1.29, 1.82) is 0 Å². The van der Waals surface area contributed by atoms with Gasteiger partial charge in [-0.25, -0.2) is 0 Å². The summed E-state index contributed by atoms with van der Waals surface area (Å²) in [7, 11) is 0. The largest absolute Gasteiger partial charge is 0.326 e. The molecule has 0 aromatic heterocycles. The number of carbonyl (C=O) groups excluding carboxylic acids is 1. The van der Waals surface area contributed by atoms with E-state index in [0.29, 0.717) is 13.1 Å². The van der Waals surface area contributed by atoms with Crippen molar-refractivity contribution < 1.29 is 4.79 Å². The van der Waals surface area contributed by atoms with Crippen LogP contribution in [0.4, 0.5) is 5.69 Å². The van der Waals surface area contributed by atoms with Crippen molar-refractivity contribution in [3.8, 4) is 0 Å². The van der Waals surface area contributed by atoms with Gasteiger partial charge < -0.3 is 10.6 Å². The molecule has 2 N–H and O–H groups in total. The fourth-order valence-corrected chi connectivity index (χ4v) is 2.45. The first-order valence-corrected chi connectivity index (χ1v) is 7.25. The molecule has 110 valence electrons. The van der Waals surface area contributed by atoms with Crippen LogP contribution in [-0.4, -0.2) is 12.5 Å². The molecule has 1 amide bonds. The quantitative estimate of drug-likeness (QED) is 0.934. The van der Waals surface area contributed by atoms with Gasteiger partial charge in [0.15, 0.2) is 0 Å². The summed E-state index contributed by atoms with van der Waals surface area (Å²) < 4.78 is 0. The van der Waals surface area contributed by atoms with Crippen LogP contribution < -0.4 is 10.6 Å². The van der Waals surface area contributed by atoms with Crippen LogP contribution in [0.3, 0.4) is 0 Å². The Labute approximate surface area is 126 Å². The SMILES string of the molecule is CCN(C(=O)c1ccc(C)cc1C)c1ccc(CN)cc1. The van der Waals surface area contributed by atoms with Gasteiger partial charge in [0.05, 0.1) is 0 Å². The second-order valence-corrected chi connectivity index (χ2v) is 5.24. The third kappa shape index (κ3) is 3.31. The summed E-state index contributed by atoms with van der Waals surface area (Å²) in [6.45, 7) is 7.14. The molecule has 0 bridgehead atoms. The smallest absolute Gasteiger partial charge is 0.258 e. The minimum atomic E-state index is 0.0375. The first-order valence-electron chi connectivity index (χ1n) is 7.25. The van der Waals surface area contributed by atoms with Crippen LogP contribution in [0, 0.1) is 13.8 Å². The zero-order valence-electron chi connectivity index (χ0n) is 12.9. The van der Waals surface area contributed by atoms with E-state index in [1.54, 1.807) is 4.90 Å². The molecule has 2 rings (SSSR count). The summed E-state index contributed by atoms with van der Waals surface area (Å²) in [6, 6.07) is 13.8. The Morgan fingerprint density at radius 2 is 1.76 bits per heavy atom. The molecular formula is C18H22N2O. The average molecular weight is 282 g/mol. The predicted octanol–water partition coefficient (Wildman–Crippen LogP) is 3.43. The Kier molecular flexibility index (Phi) is 4.76. The molecule has 2 aromatic carbocycles. The van der Waals surface area contributed by atoms with E-state index < -0.39 is 0 Å². The molecule has 0 fully saturated rings. The lowest BCUT2D eigenvalue weighted by molar-refractivity contribution is 0.0987. The van der Waals surface area contributed by atoms with Gasteiger partial charge in [-0.2, -0.15) is 0 Å². The number of amides is 1. The molecule has 0 heterocycles. The number of anilines is 1. The summed E-state index contributed by atoms with van der Waals surface area (Å²) in [5.74, 6) is 0.0375. The lowest BCUT2D eigenvalue weighted by Gasteiger charge is -2.22. The maximum Gasteiger partial charge on any atom is 0.258 e. The van der Waals surface area contributed by atoms with Crippen molar-refractivity contribution >= 4 is 11.6 Å². The molecule has 0 aliphatic carbocycles. The van der Waals surface area contributed by atoms with Gasteiger partial charge >= 0.3 is 0 Å². The van der Waals surface area contributed by atoms with E-state index in [1.165, 1.54) is 5.56 Å². The number of hydrogen-bond donors (Lipinski definition) is 1. The minimum Gasteiger partial charge on any atom is -0.326 e. The van der Waals surface area contributed by atoms with Crippen LogP contribution >= 0.6 is 0 Å². The van der Waals surface area contributed by atoms with Crippen LogP contribution in [0.5, 0.6) is 0 Å². The van der Waals surface area contributed by atoms with Crippen molar-refractivity contribution in [2.24, 2.45) is 5.73 Å². The highest BCUT2D eigenvalue weighted by Gasteiger charge is 2.17. The van der Waals surface area contributed by atoms with Crippen LogP contribution in [0.15, 0.2) is 42.5 Å². The molecule has 0 saturated heterocycles. The summed E-state index contributed by atoms with van der Waals surface area (Å²) >= 11 is 0. The number of benzene rings is 2. The Bertz CT molecular complexity index is 632. The standard InChI is InChI=1S/C18H22N2O/c1-4-20(16-8-6-15(12-19)7-9-16)18(21)17-10-5-13(2)11-14(17)3/h5-11H,4,12,19H2,1-3H3. The summed E-state index contributed by atoms with van der Waals surface area (Å²) in [5, 5.41) is 0. The lowest BCUT2D eigenvalue weighted by Crippen LogP contribution is -2.31. The van der Waals surface area contributed by atoms with Crippen molar-refractivity contribution in [3.05, 3.63) is 64.7 Å². The van der Waals surface area contributed by atoms with Crippen molar-refractivity contribution in [1.82, 2.24) is 0 Å². The first kappa shape index (κ1) is 15.3. The van der Waals surface area contributed by atoms with Crippen molar-refractivity contribution in [3.63, 3.8) is 0 Å². The molecule has 2 aromatic rings. The molecule has 0 saturated carbocycles. The van der Waals surface area contributed by atoms with Gasteiger partial charge in [-0.1, -0.05) is 29.8 Å². The van der Waals surface area contributed by atoms with E-state index in [-0.39, 0.29) is 5.91 Å². The van der Waals surface area contributed by atoms with Gasteiger partial charge in [0.2, 0.25) is 0 Å². The number of aryl methyl sites for hydroxylation is 2. The summed E-state index contributed by atoms with van der Waals surface area (Å²) in [6.07, 6.45) is 0. The number of rotatable bonds is 4. The third-order valence-electron chi connectivity index (χ3n) is 3.66. The number of hydrogen-bond acceptors (Lipinski definition) is 2. The topological polar surface area (TPSA) is 46.3 Å². The monoisotopic (exact) mass is 282 g/mol. The van der Waals surface area contributed by atoms with E-state index in [0.717, 1.165) is 22.4 Å². The summed E-state index contributed by atoms with van der Waals surface area (Å²) in [4.78, 5) is 14.6. The predicted molar refractivity (Wildman–Crippen MR) is 87.6 cm³/mol. The average Bonchev–Trinajstić information content (AvgIpc) is 2.48. The molecule has 0 radical (unpaired) electrons. The number of nitrogens with zero attached hydrogens (tertiary/aromatic N) is 1. The molecule has 0 aliphatic heterocycles. The molecule has 3 nitrogen and oxygen atoms in total. The highest BCUT2D eigenvalue weighted by atomic mass is 16.2. The number of carbonyl (C=O) groups is 1. The molecule has 0 aliphatic rings.